The smallest absolute Gasteiger partial charge is 0.0316 e. The molecule has 0 spiro atoms. The number of nitrogens with two attached hydrogens (primary N) is 2. The third-order valence-corrected chi connectivity index (χ3v) is 10.1. The summed E-state index contributed by atoms with van der Waals surface area (Å²) in [5.41, 5.74) is 25.4. The third-order valence-electron chi connectivity index (χ3n) is 10.1. The van der Waals surface area contributed by atoms with Gasteiger partial charge < -0.3 is 11.5 Å². The molecule has 0 amide bonds. The van der Waals surface area contributed by atoms with Gasteiger partial charge in [0.25, 0.3) is 0 Å². The normalized spacial score (nSPS) is 11.3. The number of unbranched alkanes of at least 4 members (excludes halogenated alkanes) is 11. The summed E-state index contributed by atoms with van der Waals surface area (Å²) in [4.78, 5) is 0. The molecule has 0 aliphatic heterocycles. The summed E-state index contributed by atoms with van der Waals surface area (Å²) in [6.07, 6.45) is 25.0. The van der Waals surface area contributed by atoms with Gasteiger partial charge in [0.15, 0.2) is 0 Å². The van der Waals surface area contributed by atoms with E-state index in [9.17, 15) is 0 Å². The first kappa shape index (κ1) is 37.3. The highest BCUT2D eigenvalue weighted by Crippen LogP contribution is 2.23. The van der Waals surface area contributed by atoms with E-state index in [1.165, 1.54) is 147 Å². The molecule has 4 aromatic carbocycles. The molecule has 4 N–H and O–H groups in total. The predicted octanol–water partition coefficient (Wildman–Crippen LogP) is 12.4. The lowest BCUT2D eigenvalue weighted by atomic mass is 9.94. The lowest BCUT2D eigenvalue weighted by molar-refractivity contribution is 0.567. The first-order valence-corrected chi connectivity index (χ1v) is 19.4. The van der Waals surface area contributed by atoms with E-state index in [0.29, 0.717) is 0 Å². The summed E-state index contributed by atoms with van der Waals surface area (Å²) in [5.74, 6) is 0. The Hall–Kier alpha value is -3.52. The van der Waals surface area contributed by atoms with Gasteiger partial charge in [-0.05, 0) is 133 Å². The molecular formula is C46H64N2. The summed E-state index contributed by atoms with van der Waals surface area (Å²) in [6.45, 7) is 4.53. The SMILES string of the molecule is CCCCCc1cc(N)ccc1Cc1ccc(CCCCCCCCCCc2ccc(Cc3ccc(N)cc3CCCCC)cc2)cc1. The zero-order valence-electron chi connectivity index (χ0n) is 30.4. The summed E-state index contributed by atoms with van der Waals surface area (Å²) in [7, 11) is 0. The van der Waals surface area contributed by atoms with Gasteiger partial charge in [-0.1, -0.05) is 139 Å². The number of anilines is 2. The third kappa shape index (κ3) is 13.5. The molecule has 4 aromatic rings. The van der Waals surface area contributed by atoms with E-state index in [0.717, 1.165) is 37.1 Å². The second-order valence-corrected chi connectivity index (χ2v) is 14.3. The zero-order chi connectivity index (χ0) is 33.8. The van der Waals surface area contributed by atoms with E-state index >= 15 is 0 Å². The van der Waals surface area contributed by atoms with Gasteiger partial charge in [-0.3, -0.25) is 0 Å². The number of benzene rings is 4. The van der Waals surface area contributed by atoms with E-state index in [4.69, 9.17) is 11.5 Å². The lowest BCUT2D eigenvalue weighted by Crippen LogP contribution is -1.99. The van der Waals surface area contributed by atoms with Crippen molar-refractivity contribution in [3.05, 3.63) is 129 Å². The van der Waals surface area contributed by atoms with E-state index in [-0.39, 0.29) is 0 Å². The Bertz CT molecular complexity index is 1340. The van der Waals surface area contributed by atoms with E-state index in [1.807, 2.05) is 0 Å². The van der Waals surface area contributed by atoms with Crippen LogP contribution in [0.25, 0.3) is 0 Å². The van der Waals surface area contributed by atoms with Crippen molar-refractivity contribution in [3.63, 3.8) is 0 Å². The van der Waals surface area contributed by atoms with Crippen LogP contribution in [-0.4, -0.2) is 0 Å². The van der Waals surface area contributed by atoms with Crippen LogP contribution in [-0.2, 0) is 38.5 Å². The Labute approximate surface area is 293 Å². The minimum Gasteiger partial charge on any atom is -0.399 e. The van der Waals surface area contributed by atoms with Crippen molar-refractivity contribution in [1.29, 1.82) is 0 Å². The van der Waals surface area contributed by atoms with Crippen molar-refractivity contribution in [2.75, 3.05) is 11.5 Å². The van der Waals surface area contributed by atoms with Crippen molar-refractivity contribution in [2.24, 2.45) is 0 Å². The van der Waals surface area contributed by atoms with Crippen LogP contribution >= 0.6 is 0 Å². The molecule has 258 valence electrons. The van der Waals surface area contributed by atoms with Crippen LogP contribution < -0.4 is 11.5 Å². The summed E-state index contributed by atoms with van der Waals surface area (Å²) in [5, 5.41) is 0. The maximum Gasteiger partial charge on any atom is 0.0316 e. The Balaban J connectivity index is 1.05. The van der Waals surface area contributed by atoms with E-state index in [2.05, 4.69) is 98.8 Å². The van der Waals surface area contributed by atoms with Crippen LogP contribution in [0.15, 0.2) is 84.9 Å². The van der Waals surface area contributed by atoms with Gasteiger partial charge in [-0.2, -0.15) is 0 Å². The molecule has 2 nitrogen and oxygen atoms in total. The molecule has 4 rings (SSSR count). The van der Waals surface area contributed by atoms with Crippen molar-refractivity contribution < 1.29 is 0 Å². The highest BCUT2D eigenvalue weighted by molar-refractivity contribution is 5.47. The molecule has 0 unspecified atom stereocenters. The van der Waals surface area contributed by atoms with E-state index in [1.54, 1.807) is 0 Å². The van der Waals surface area contributed by atoms with Crippen molar-refractivity contribution in [1.82, 2.24) is 0 Å². The second-order valence-electron chi connectivity index (χ2n) is 14.3. The first-order valence-electron chi connectivity index (χ1n) is 19.4. The van der Waals surface area contributed by atoms with Gasteiger partial charge in [-0.25, -0.2) is 0 Å². The van der Waals surface area contributed by atoms with Crippen LogP contribution in [0, 0.1) is 0 Å². The minimum absolute atomic E-state index is 0.885. The highest BCUT2D eigenvalue weighted by Gasteiger charge is 2.07. The summed E-state index contributed by atoms with van der Waals surface area (Å²) < 4.78 is 0. The largest absolute Gasteiger partial charge is 0.399 e. The number of rotatable bonds is 23. The van der Waals surface area contributed by atoms with Crippen LogP contribution in [0.5, 0.6) is 0 Å². The second kappa shape index (κ2) is 21.5. The van der Waals surface area contributed by atoms with Crippen LogP contribution in [0.2, 0.25) is 0 Å². The average molecular weight is 645 g/mol. The van der Waals surface area contributed by atoms with Gasteiger partial charge in [0, 0.05) is 11.4 Å². The van der Waals surface area contributed by atoms with Crippen molar-refractivity contribution >= 4 is 11.4 Å². The Morgan fingerprint density at radius 2 is 0.667 bits per heavy atom. The number of nitrogen functional groups attached to an aromatic ring is 2. The monoisotopic (exact) mass is 645 g/mol. The Morgan fingerprint density at radius 1 is 0.333 bits per heavy atom. The minimum atomic E-state index is 0.885. The van der Waals surface area contributed by atoms with Gasteiger partial charge in [0.1, 0.15) is 0 Å². The average Bonchev–Trinajstić information content (AvgIpc) is 3.09. The molecule has 48 heavy (non-hydrogen) atoms. The number of hydrogen-bond acceptors (Lipinski definition) is 2. The number of aryl methyl sites for hydroxylation is 4. The predicted molar refractivity (Wildman–Crippen MR) is 211 cm³/mol. The standard InChI is InChI=1S/C46H64N2/c1-3-5-13-19-41-35-45(47)31-29-43(41)33-39-25-21-37(22-26-39)17-15-11-9-7-8-10-12-16-18-38-23-27-40(28-24-38)34-44-30-32-46(48)36-42(44)20-14-6-4-2/h21-32,35-36H,3-20,33-34,47-48H2,1-2H3. The molecule has 0 atom stereocenters. The van der Waals surface area contributed by atoms with Gasteiger partial charge >= 0.3 is 0 Å². The molecule has 0 aromatic heterocycles. The zero-order valence-corrected chi connectivity index (χ0v) is 30.4. The van der Waals surface area contributed by atoms with Gasteiger partial charge in [0.05, 0.1) is 0 Å². The Morgan fingerprint density at radius 3 is 1.04 bits per heavy atom. The van der Waals surface area contributed by atoms with Gasteiger partial charge in [0.2, 0.25) is 0 Å². The Kier molecular flexibility index (Phi) is 16.7. The molecule has 2 heteroatoms. The first-order chi connectivity index (χ1) is 23.5. The fourth-order valence-corrected chi connectivity index (χ4v) is 7.04. The number of hydrogen-bond donors (Lipinski definition) is 2. The van der Waals surface area contributed by atoms with Crippen molar-refractivity contribution in [3.8, 4) is 0 Å². The maximum atomic E-state index is 6.10. The molecule has 0 saturated carbocycles. The molecule has 0 saturated heterocycles. The lowest BCUT2D eigenvalue weighted by Gasteiger charge is -2.11. The molecule has 0 radical (unpaired) electrons. The molecule has 0 bridgehead atoms. The maximum absolute atomic E-state index is 6.10. The highest BCUT2D eigenvalue weighted by atomic mass is 14.5. The molecule has 0 aliphatic rings. The molecule has 0 heterocycles. The van der Waals surface area contributed by atoms with Crippen LogP contribution in [0.3, 0.4) is 0 Å². The van der Waals surface area contributed by atoms with Crippen molar-refractivity contribution in [2.45, 2.75) is 142 Å². The molecule has 0 aliphatic carbocycles. The quantitative estimate of drug-likeness (QED) is 0.0623. The molecular weight excluding hydrogens is 581 g/mol. The fourth-order valence-electron chi connectivity index (χ4n) is 7.04. The molecule has 0 fully saturated rings. The fraction of sp³-hybridized carbons (Fsp3) is 0.478. The van der Waals surface area contributed by atoms with Crippen LogP contribution in [0.4, 0.5) is 11.4 Å². The van der Waals surface area contributed by atoms with E-state index < -0.39 is 0 Å². The summed E-state index contributed by atoms with van der Waals surface area (Å²) in [6, 6.07) is 31.7. The topological polar surface area (TPSA) is 52.0 Å². The van der Waals surface area contributed by atoms with Gasteiger partial charge in [-0.15, -0.1) is 0 Å². The summed E-state index contributed by atoms with van der Waals surface area (Å²) >= 11 is 0. The van der Waals surface area contributed by atoms with Crippen LogP contribution in [0.1, 0.15) is 148 Å².